The molecule has 27 rings (SSSR count). The van der Waals surface area contributed by atoms with Crippen LogP contribution in [-0.4, -0.2) is 291 Å². The van der Waals surface area contributed by atoms with Crippen LogP contribution < -0.4 is 0 Å². The first-order valence-corrected chi connectivity index (χ1v) is 24.6. The second-order valence-electron chi connectivity index (χ2n) is 20.5. The number of aliphatic hydroxyl groups excluding tert-OH is 7. The summed E-state index contributed by atoms with van der Waals surface area (Å²) >= 11 is 0. The quantitative estimate of drug-likeness (QED) is 0.0768. The fraction of sp³-hybridized carbons (Fsp3) is 1.00. The summed E-state index contributed by atoms with van der Waals surface area (Å²) in [4.78, 5) is 2.86. The van der Waals surface area contributed by atoms with Gasteiger partial charge in [-0.25, -0.2) is 0 Å². The lowest BCUT2D eigenvalue weighted by Crippen LogP contribution is -2.64. The Morgan fingerprint density at radius 1 is 0.319 bits per heavy atom. The van der Waals surface area contributed by atoms with Gasteiger partial charge in [-0.3, -0.25) is 0 Å². The molecule has 27 aliphatic rings. The van der Waals surface area contributed by atoms with Crippen molar-refractivity contribution in [1.29, 1.82) is 0 Å². The zero-order valence-electron chi connectivity index (χ0n) is 37.9. The third-order valence-corrected chi connectivity index (χ3v) is 16.3. The zero-order chi connectivity index (χ0) is 48.8. The topological polar surface area (TPSA) is 375 Å². The molecule has 0 radical (unpaired) electrons. The molecule has 0 amide bonds. The van der Waals surface area contributed by atoms with Gasteiger partial charge >= 0.3 is 0 Å². The maximum absolute atomic E-state index is 11.6. The van der Waals surface area contributed by atoms with Crippen molar-refractivity contribution in [2.45, 2.75) is 215 Å². The van der Waals surface area contributed by atoms with E-state index in [2.05, 4.69) is 10.0 Å². The zero-order valence-corrected chi connectivity index (χ0v) is 37.9. The van der Waals surface area contributed by atoms with Crippen LogP contribution >= 0.6 is 0 Å². The Bertz CT molecular complexity index is 2020. The van der Waals surface area contributed by atoms with Crippen LogP contribution in [0, 0.1) is 0 Å². The van der Waals surface area contributed by atoms with Gasteiger partial charge < -0.3 is 130 Å². The summed E-state index contributed by atoms with van der Waals surface area (Å²) in [7, 11) is 0. The SMILES string of the molecule is [N-]=[N+]=NC[C@H]1O[C@@H]2O[C@H]3[C@@H]4OC[C@H]3O[C@H](O[C@H]3[C@@H]5OC[C@H]3O[C@H](O[C@H]3[C@@H]6OC[C@H]3O[C@H](O[C@H]3[C@@H]7OC[C@H]3O[C@H](O[C@H]3[C@@H]8OC[C@H]3O[C@H](O[C@H]3[C@@H]9OC[C@H]3O[C@H](O[C@H]1C[C@@H]2O)[C@@H]9O)[C@@H]8O)[C@@H]7O)[C@@H]6O)[C@@H]5O)[C@@H]4O. The summed E-state index contributed by atoms with van der Waals surface area (Å²) in [6, 6.07) is 0. The smallest absolute Gasteiger partial charge is 0.187 e. The molecule has 30 heteroatoms. The molecular weight excluding hydrogens is 978 g/mol. The van der Waals surface area contributed by atoms with Crippen LogP contribution in [0.15, 0.2) is 5.11 Å². The fourth-order valence-corrected chi connectivity index (χ4v) is 12.7. The molecule has 0 aromatic heterocycles. The molecule has 0 spiro atoms. The first kappa shape index (κ1) is 48.6. The lowest BCUT2D eigenvalue weighted by atomic mass is 9.98. The van der Waals surface area contributed by atoms with E-state index in [-0.39, 0.29) is 52.6 Å². The molecular formula is C42H57N3O27. The van der Waals surface area contributed by atoms with E-state index in [1.54, 1.807) is 0 Å². The highest BCUT2D eigenvalue weighted by atomic mass is 16.8. The van der Waals surface area contributed by atoms with E-state index < -0.39 is 209 Å². The van der Waals surface area contributed by atoms with Gasteiger partial charge in [0, 0.05) is 11.3 Å². The normalized spacial score (nSPS) is 60.7. The molecule has 0 saturated carbocycles. The second kappa shape index (κ2) is 19.0. The summed E-state index contributed by atoms with van der Waals surface area (Å²) in [5, 5.41) is 84.6. The minimum absolute atomic E-state index is 0.00103. The monoisotopic (exact) mass is 1040 g/mol. The second-order valence-corrected chi connectivity index (χ2v) is 20.5. The van der Waals surface area contributed by atoms with Crippen LogP contribution in [-0.2, 0) is 94.7 Å². The van der Waals surface area contributed by atoms with Gasteiger partial charge in [0.2, 0.25) is 0 Å². The number of hydrogen-bond donors (Lipinski definition) is 7. The molecule has 0 unspecified atom stereocenters. The van der Waals surface area contributed by atoms with E-state index in [9.17, 15) is 41.3 Å². The van der Waals surface area contributed by atoms with Gasteiger partial charge in [-0.1, -0.05) is 5.11 Å². The number of nitrogens with zero attached hydrogens (tertiary/aromatic N) is 3. The van der Waals surface area contributed by atoms with Crippen LogP contribution in [0.1, 0.15) is 6.42 Å². The Hall–Kier alpha value is -1.77. The van der Waals surface area contributed by atoms with E-state index in [4.69, 9.17) is 94.7 Å². The minimum atomic E-state index is -1.47. The van der Waals surface area contributed by atoms with Gasteiger partial charge in [-0.05, 0) is 5.53 Å². The van der Waals surface area contributed by atoms with Gasteiger partial charge in [0.1, 0.15) is 153 Å². The van der Waals surface area contributed by atoms with Crippen LogP contribution in [0.2, 0.25) is 0 Å². The Balaban J connectivity index is 0.713. The predicted octanol–water partition coefficient (Wildman–Crippen LogP) is -6.61. The average molecular weight is 1040 g/mol. The maximum atomic E-state index is 11.6. The third-order valence-electron chi connectivity index (χ3n) is 16.3. The summed E-state index contributed by atoms with van der Waals surface area (Å²) in [5.41, 5.74) is 9.26. The predicted molar refractivity (Wildman–Crippen MR) is 214 cm³/mol. The summed E-state index contributed by atoms with van der Waals surface area (Å²) in [5.74, 6) is 0. The number of ether oxygens (including phenoxy) is 20. The lowest BCUT2D eigenvalue weighted by molar-refractivity contribution is -0.359. The van der Waals surface area contributed by atoms with Crippen molar-refractivity contribution in [3.63, 3.8) is 0 Å². The van der Waals surface area contributed by atoms with E-state index in [1.165, 1.54) is 0 Å². The molecule has 0 aliphatic carbocycles. The van der Waals surface area contributed by atoms with Gasteiger partial charge in [-0.15, -0.1) is 0 Å². The van der Waals surface area contributed by atoms with Crippen LogP contribution in [0.3, 0.4) is 0 Å². The molecule has 402 valence electrons. The Morgan fingerprint density at radius 3 is 0.847 bits per heavy atom. The molecule has 27 saturated heterocycles. The summed E-state index contributed by atoms with van der Waals surface area (Å²) < 4.78 is 123. The van der Waals surface area contributed by atoms with Crippen molar-refractivity contribution in [3.05, 3.63) is 10.4 Å². The van der Waals surface area contributed by atoms with Crippen LogP contribution in [0.4, 0.5) is 0 Å². The molecule has 0 aromatic carbocycles. The van der Waals surface area contributed by atoms with Crippen LogP contribution in [0.5, 0.6) is 0 Å². The maximum Gasteiger partial charge on any atom is 0.187 e. The number of hydrogen-bond acceptors (Lipinski definition) is 28. The fourth-order valence-electron chi connectivity index (χ4n) is 12.7. The molecule has 0 aromatic rings. The Morgan fingerprint density at radius 2 is 0.569 bits per heavy atom. The largest absolute Gasteiger partial charge is 0.388 e. The Labute approximate surface area is 407 Å². The van der Waals surface area contributed by atoms with Gasteiger partial charge in [-0.2, -0.15) is 0 Å². The summed E-state index contributed by atoms with van der Waals surface area (Å²) in [6.07, 6.45) is -37.8. The molecule has 34 atom stereocenters. The highest BCUT2D eigenvalue weighted by Crippen LogP contribution is 2.45. The highest BCUT2D eigenvalue weighted by Gasteiger charge is 2.64. The lowest BCUT2D eigenvalue weighted by Gasteiger charge is -2.46. The van der Waals surface area contributed by atoms with Gasteiger partial charge in [0.25, 0.3) is 0 Å². The molecule has 27 heterocycles. The van der Waals surface area contributed by atoms with E-state index in [0.717, 1.165) is 0 Å². The summed E-state index contributed by atoms with van der Waals surface area (Å²) in [6.45, 7) is -0.302. The van der Waals surface area contributed by atoms with E-state index in [0.29, 0.717) is 0 Å². The van der Waals surface area contributed by atoms with Crippen molar-refractivity contribution in [2.24, 2.45) is 5.11 Å². The van der Waals surface area contributed by atoms with Crippen molar-refractivity contribution < 1.29 is 130 Å². The number of rotatable bonds is 2. The first-order chi connectivity index (χ1) is 35.0. The molecule has 72 heavy (non-hydrogen) atoms. The molecule has 27 fully saturated rings. The standard InChI is InChI=1S/C42H57N3O27/c43-45-44-2-11-10-1-9(46)36(60-11)67-24-12-3-54-31(24)19(48)38(62-12)69-26-14-5-56-33(26)21(50)40(64-14)71-28-16-7-58-35(28)23(52)42(66-16)72-29-17-8-57-34(29)22(51)41(65-17)70-27-15-6-55-32(27)20(49)39(63-15)68-25-13-4-53-30(25)18(47)37(59-10)61-13/h9-42,46-52H,1-8H2/t9-,10-,11+,12+,13+,14+,15+,16+,17+,18+,19+,20+,21+,22+,23+,24+,25+,26+,27+,28+,29+,30+,31+,32+,33+,34+,35+,36+,37-,38+,39+,40+,41+,42+/m0/s1. The van der Waals surface area contributed by atoms with Gasteiger partial charge in [0.15, 0.2) is 44.0 Å². The number of aliphatic hydroxyl groups is 7. The third kappa shape index (κ3) is 8.01. The van der Waals surface area contributed by atoms with Crippen molar-refractivity contribution in [1.82, 2.24) is 0 Å². The van der Waals surface area contributed by atoms with Gasteiger partial charge in [0.05, 0.1) is 58.4 Å². The average Bonchev–Trinajstić information content (AvgIpc) is 4.18. The number of azide groups is 1. The molecule has 27 aliphatic heterocycles. The molecule has 7 N–H and O–H groups in total. The van der Waals surface area contributed by atoms with Crippen molar-refractivity contribution in [2.75, 3.05) is 46.2 Å². The van der Waals surface area contributed by atoms with Crippen molar-refractivity contribution in [3.8, 4) is 0 Å². The van der Waals surface area contributed by atoms with E-state index in [1.807, 2.05) is 0 Å². The molecule has 30 nitrogen and oxygen atoms in total. The minimum Gasteiger partial charge on any atom is -0.388 e. The van der Waals surface area contributed by atoms with E-state index >= 15 is 0 Å². The van der Waals surface area contributed by atoms with Crippen molar-refractivity contribution >= 4 is 0 Å². The van der Waals surface area contributed by atoms with Crippen LogP contribution in [0.25, 0.3) is 10.4 Å². The highest BCUT2D eigenvalue weighted by molar-refractivity contribution is 5.06. The Kier molecular flexibility index (Phi) is 12.8. The molecule has 26 bridgehead atoms. The first-order valence-electron chi connectivity index (χ1n) is 24.6.